The highest BCUT2D eigenvalue weighted by Crippen LogP contribution is 2.33. The molecule has 0 spiro atoms. The Balaban J connectivity index is 1.23. The molecular formula is C24H25ClN4O3S. The van der Waals surface area contributed by atoms with Crippen molar-refractivity contribution in [3.63, 3.8) is 0 Å². The van der Waals surface area contributed by atoms with Gasteiger partial charge in [-0.3, -0.25) is 9.36 Å². The number of pyridine rings is 1. The Morgan fingerprint density at radius 1 is 1.24 bits per heavy atom. The number of aromatic amines is 1. The van der Waals surface area contributed by atoms with Crippen LogP contribution in [0.2, 0.25) is 5.02 Å². The SMILES string of the molecule is COc1ccccc1[C@@H]1CCN(CCCCn2c(=O)[nH]c3c(sc4ncc(Cl)cc43)c2=O)C1. The fourth-order valence-electron chi connectivity index (χ4n) is 4.72. The highest BCUT2D eigenvalue weighted by molar-refractivity contribution is 7.25. The number of fused-ring (bicyclic) bond motifs is 3. The molecule has 3 aromatic heterocycles. The van der Waals surface area contributed by atoms with E-state index in [1.54, 1.807) is 19.4 Å². The number of hydrogen-bond acceptors (Lipinski definition) is 6. The third-order valence-corrected chi connectivity index (χ3v) is 7.69. The van der Waals surface area contributed by atoms with Crippen LogP contribution in [0.25, 0.3) is 20.4 Å². The van der Waals surface area contributed by atoms with Crippen LogP contribution in [0, 0.1) is 0 Å². The molecule has 1 fully saturated rings. The number of H-pyrrole nitrogens is 1. The molecule has 1 N–H and O–H groups in total. The Morgan fingerprint density at radius 2 is 2.06 bits per heavy atom. The number of methoxy groups -OCH3 is 1. The first-order chi connectivity index (χ1) is 16.0. The molecule has 0 radical (unpaired) electrons. The minimum absolute atomic E-state index is 0.259. The summed E-state index contributed by atoms with van der Waals surface area (Å²) in [6.45, 7) is 3.40. The molecule has 0 unspecified atom stereocenters. The van der Waals surface area contributed by atoms with Crippen molar-refractivity contribution < 1.29 is 4.74 Å². The van der Waals surface area contributed by atoms with Gasteiger partial charge < -0.3 is 14.6 Å². The van der Waals surface area contributed by atoms with Gasteiger partial charge in [0.1, 0.15) is 15.3 Å². The van der Waals surface area contributed by atoms with E-state index in [4.69, 9.17) is 16.3 Å². The molecule has 9 heteroatoms. The Bertz CT molecular complexity index is 1430. The number of likely N-dealkylation sites (tertiary alicyclic amines) is 1. The van der Waals surface area contributed by atoms with E-state index in [0.29, 0.717) is 37.9 Å². The molecule has 4 aromatic rings. The fourth-order valence-corrected chi connectivity index (χ4v) is 5.91. The lowest BCUT2D eigenvalue weighted by atomic mass is 9.97. The third kappa shape index (κ3) is 4.30. The molecule has 0 saturated carbocycles. The smallest absolute Gasteiger partial charge is 0.328 e. The molecule has 0 aliphatic carbocycles. The Morgan fingerprint density at radius 3 is 2.91 bits per heavy atom. The summed E-state index contributed by atoms with van der Waals surface area (Å²) >= 11 is 7.33. The number of rotatable bonds is 7. The summed E-state index contributed by atoms with van der Waals surface area (Å²) in [5, 5.41) is 1.18. The number of thiophene rings is 1. The molecule has 1 aliphatic rings. The molecule has 1 aromatic carbocycles. The topological polar surface area (TPSA) is 80.2 Å². The van der Waals surface area contributed by atoms with E-state index in [1.165, 1.54) is 21.5 Å². The second-order valence-electron chi connectivity index (χ2n) is 8.43. The highest BCUT2D eigenvalue weighted by atomic mass is 35.5. The number of unbranched alkanes of at least 4 members (excludes halogenated alkanes) is 1. The van der Waals surface area contributed by atoms with E-state index in [2.05, 4.69) is 27.0 Å². The van der Waals surface area contributed by atoms with E-state index >= 15 is 0 Å². The van der Waals surface area contributed by atoms with Crippen molar-refractivity contribution in [2.75, 3.05) is 26.7 Å². The molecular weight excluding hydrogens is 460 g/mol. The van der Waals surface area contributed by atoms with Gasteiger partial charge >= 0.3 is 5.69 Å². The number of nitrogens with zero attached hydrogens (tertiary/aromatic N) is 3. The number of aromatic nitrogens is 3. The predicted octanol–water partition coefficient (Wildman–Crippen LogP) is 4.23. The number of hydrogen-bond donors (Lipinski definition) is 1. The lowest BCUT2D eigenvalue weighted by Gasteiger charge is -2.17. The van der Waals surface area contributed by atoms with Crippen LogP contribution in [0.4, 0.5) is 0 Å². The lowest BCUT2D eigenvalue weighted by Crippen LogP contribution is -2.34. The van der Waals surface area contributed by atoms with Gasteiger partial charge in [0.2, 0.25) is 0 Å². The van der Waals surface area contributed by atoms with Gasteiger partial charge in [-0.1, -0.05) is 29.8 Å². The molecule has 1 aliphatic heterocycles. The third-order valence-electron chi connectivity index (χ3n) is 6.39. The zero-order valence-corrected chi connectivity index (χ0v) is 19.9. The van der Waals surface area contributed by atoms with Crippen molar-refractivity contribution in [1.82, 2.24) is 19.4 Å². The van der Waals surface area contributed by atoms with Crippen LogP contribution in [-0.4, -0.2) is 46.2 Å². The molecule has 0 amide bonds. The number of benzene rings is 1. The molecule has 4 heterocycles. The second kappa shape index (κ2) is 9.29. The van der Waals surface area contributed by atoms with E-state index in [0.717, 1.165) is 44.6 Å². The van der Waals surface area contributed by atoms with Crippen LogP contribution in [-0.2, 0) is 6.54 Å². The summed E-state index contributed by atoms with van der Waals surface area (Å²) in [6, 6.07) is 9.97. The van der Waals surface area contributed by atoms with Crippen LogP contribution in [0.15, 0.2) is 46.1 Å². The maximum absolute atomic E-state index is 13.0. The molecule has 33 heavy (non-hydrogen) atoms. The molecule has 0 bridgehead atoms. The first-order valence-corrected chi connectivity index (χ1v) is 12.3. The average molecular weight is 485 g/mol. The van der Waals surface area contributed by atoms with Gasteiger partial charge in [-0.05, 0) is 50.0 Å². The summed E-state index contributed by atoms with van der Waals surface area (Å²) in [5.41, 5.74) is 1.15. The van der Waals surface area contributed by atoms with Crippen molar-refractivity contribution in [3.8, 4) is 5.75 Å². The minimum Gasteiger partial charge on any atom is -0.496 e. The second-order valence-corrected chi connectivity index (χ2v) is 9.87. The zero-order chi connectivity index (χ0) is 22.9. The predicted molar refractivity (Wildman–Crippen MR) is 133 cm³/mol. The van der Waals surface area contributed by atoms with Crippen LogP contribution in [0.1, 0.15) is 30.7 Å². The normalized spacial score (nSPS) is 16.7. The Kier molecular flexibility index (Phi) is 6.23. The maximum atomic E-state index is 13.0. The van der Waals surface area contributed by atoms with Crippen LogP contribution in [0.5, 0.6) is 5.75 Å². The Labute approximate surface area is 199 Å². The summed E-state index contributed by atoms with van der Waals surface area (Å²) in [6.07, 6.45) is 4.35. The van der Waals surface area contributed by atoms with Gasteiger partial charge in [-0.15, -0.1) is 11.3 Å². The van der Waals surface area contributed by atoms with Gasteiger partial charge in [-0.2, -0.15) is 0 Å². The van der Waals surface area contributed by atoms with E-state index in [-0.39, 0.29) is 11.2 Å². The first-order valence-electron chi connectivity index (χ1n) is 11.1. The van der Waals surface area contributed by atoms with E-state index in [1.807, 2.05) is 12.1 Å². The quantitative estimate of drug-likeness (QED) is 0.397. The molecule has 1 saturated heterocycles. The van der Waals surface area contributed by atoms with Crippen LogP contribution in [0.3, 0.4) is 0 Å². The van der Waals surface area contributed by atoms with Crippen LogP contribution >= 0.6 is 22.9 Å². The van der Waals surface area contributed by atoms with E-state index in [9.17, 15) is 9.59 Å². The van der Waals surface area contributed by atoms with E-state index < -0.39 is 0 Å². The summed E-state index contributed by atoms with van der Waals surface area (Å²) < 4.78 is 7.34. The monoisotopic (exact) mass is 484 g/mol. The lowest BCUT2D eigenvalue weighted by molar-refractivity contribution is 0.320. The fraction of sp³-hybridized carbons (Fsp3) is 0.375. The number of nitrogens with one attached hydrogen (secondary N) is 1. The van der Waals surface area contributed by atoms with Gasteiger partial charge in [0.25, 0.3) is 5.56 Å². The molecule has 5 rings (SSSR count). The minimum atomic E-state index is -0.385. The van der Waals surface area contributed by atoms with Gasteiger partial charge in [0.05, 0.1) is 17.6 Å². The standard InChI is InChI=1S/C24H25ClN4O3S/c1-32-19-7-3-2-6-17(19)15-8-11-28(14-15)9-4-5-10-29-23(30)21-20(27-24(29)31)18-12-16(25)13-26-22(18)33-21/h2-3,6-7,12-13,15H,4-5,8-11,14H2,1H3,(H,27,31)/t15-/m1/s1. The van der Waals surface area contributed by atoms with Gasteiger partial charge in [-0.25, -0.2) is 9.78 Å². The molecule has 172 valence electrons. The van der Waals surface area contributed by atoms with Crippen molar-refractivity contribution in [2.24, 2.45) is 0 Å². The highest BCUT2D eigenvalue weighted by Gasteiger charge is 2.25. The largest absolute Gasteiger partial charge is 0.496 e. The zero-order valence-electron chi connectivity index (χ0n) is 18.3. The van der Waals surface area contributed by atoms with Crippen molar-refractivity contribution in [2.45, 2.75) is 31.7 Å². The first kappa shape index (κ1) is 22.1. The number of para-hydroxylation sites is 1. The van der Waals surface area contributed by atoms with Crippen LogP contribution < -0.4 is 16.0 Å². The van der Waals surface area contributed by atoms with Gasteiger partial charge in [0, 0.05) is 30.6 Å². The molecule has 1 atom stereocenters. The van der Waals surface area contributed by atoms with Crippen molar-refractivity contribution in [1.29, 1.82) is 0 Å². The molecule has 7 nitrogen and oxygen atoms in total. The Hall–Kier alpha value is -2.68. The summed E-state index contributed by atoms with van der Waals surface area (Å²) in [5.74, 6) is 1.43. The average Bonchev–Trinajstić information content (AvgIpc) is 3.43. The summed E-state index contributed by atoms with van der Waals surface area (Å²) in [4.78, 5) is 35.9. The van der Waals surface area contributed by atoms with Crippen molar-refractivity contribution >= 4 is 43.4 Å². The summed E-state index contributed by atoms with van der Waals surface area (Å²) in [7, 11) is 1.72. The van der Waals surface area contributed by atoms with Gasteiger partial charge in [0.15, 0.2) is 0 Å². The van der Waals surface area contributed by atoms with Crippen molar-refractivity contribution in [3.05, 3.63) is 68.0 Å². The number of halogens is 1. The maximum Gasteiger partial charge on any atom is 0.328 e. The number of ether oxygens (including phenoxy) is 1.